The highest BCUT2D eigenvalue weighted by Crippen LogP contribution is 2.17. The zero-order valence-electron chi connectivity index (χ0n) is 11.3. The van der Waals surface area contributed by atoms with E-state index in [0.717, 1.165) is 13.1 Å². The van der Waals surface area contributed by atoms with Crippen LogP contribution in [0.3, 0.4) is 0 Å². The highest BCUT2D eigenvalue weighted by atomic mass is 32.2. The summed E-state index contributed by atoms with van der Waals surface area (Å²) in [6, 6.07) is 3.13. The molecule has 0 amide bonds. The van der Waals surface area contributed by atoms with Crippen molar-refractivity contribution in [1.82, 2.24) is 24.9 Å². The predicted molar refractivity (Wildman–Crippen MR) is 76.2 cm³/mol. The first-order chi connectivity index (χ1) is 10.1. The molecule has 1 fully saturated rings. The highest BCUT2D eigenvalue weighted by molar-refractivity contribution is 7.89. The fourth-order valence-electron chi connectivity index (χ4n) is 2.33. The Morgan fingerprint density at radius 2 is 1.90 bits per heavy atom. The van der Waals surface area contributed by atoms with E-state index in [4.69, 9.17) is 0 Å². The molecule has 3 heterocycles. The number of aromatic nitrogens is 4. The molecule has 0 aromatic carbocycles. The van der Waals surface area contributed by atoms with Crippen LogP contribution in [0.5, 0.6) is 0 Å². The summed E-state index contributed by atoms with van der Waals surface area (Å²) in [7, 11) is -3.52. The van der Waals surface area contributed by atoms with Crippen molar-refractivity contribution in [1.29, 1.82) is 0 Å². The maximum Gasteiger partial charge on any atom is 0.257 e. The van der Waals surface area contributed by atoms with E-state index in [9.17, 15) is 8.42 Å². The molecule has 1 saturated heterocycles. The van der Waals surface area contributed by atoms with Crippen LogP contribution in [-0.2, 0) is 10.0 Å². The molecule has 8 nitrogen and oxygen atoms in total. The van der Waals surface area contributed by atoms with Crippen LogP contribution in [0.25, 0.3) is 0 Å². The van der Waals surface area contributed by atoms with Crippen LogP contribution in [0.4, 0.5) is 5.95 Å². The smallest absolute Gasteiger partial charge is 0.257 e. The van der Waals surface area contributed by atoms with Gasteiger partial charge < -0.3 is 4.90 Å². The van der Waals surface area contributed by atoms with Gasteiger partial charge in [0.25, 0.3) is 10.0 Å². The Hall–Kier alpha value is -2.00. The summed E-state index contributed by atoms with van der Waals surface area (Å²) in [5, 5.41) is 6.23. The molecule has 0 aliphatic carbocycles. The third-order valence-electron chi connectivity index (χ3n) is 3.42. The Morgan fingerprint density at radius 1 is 1.19 bits per heavy atom. The molecule has 0 radical (unpaired) electrons. The molecule has 0 atom stereocenters. The number of piperidine rings is 1. The van der Waals surface area contributed by atoms with Crippen LogP contribution in [-0.4, -0.2) is 47.7 Å². The van der Waals surface area contributed by atoms with Gasteiger partial charge >= 0.3 is 0 Å². The van der Waals surface area contributed by atoms with Gasteiger partial charge in [0.15, 0.2) is 5.03 Å². The number of hydrogen-bond donors (Lipinski definition) is 2. The molecular weight excluding hydrogens is 292 g/mol. The maximum atomic E-state index is 12.1. The molecule has 21 heavy (non-hydrogen) atoms. The lowest BCUT2D eigenvalue weighted by Gasteiger charge is -2.31. The van der Waals surface area contributed by atoms with Crippen LogP contribution in [0, 0.1) is 0 Å². The number of rotatable bonds is 4. The van der Waals surface area contributed by atoms with Gasteiger partial charge in [0, 0.05) is 31.5 Å². The number of hydrogen-bond acceptors (Lipinski definition) is 6. The van der Waals surface area contributed by atoms with E-state index in [1.807, 2.05) is 0 Å². The van der Waals surface area contributed by atoms with E-state index in [-0.39, 0.29) is 11.1 Å². The minimum atomic E-state index is -3.52. The minimum absolute atomic E-state index is 0.0849. The Labute approximate surface area is 122 Å². The van der Waals surface area contributed by atoms with Gasteiger partial charge in [-0.3, -0.25) is 5.10 Å². The molecule has 1 aliphatic heterocycles. The number of anilines is 1. The van der Waals surface area contributed by atoms with Gasteiger partial charge in [0.05, 0.1) is 6.20 Å². The standard InChI is InChI=1S/C12H16N6O2S/c19-21(20,11-2-7-15-16-11)17-10-3-8-18(9-4-10)12-13-5-1-6-14-12/h1-2,5-7,10,17H,3-4,8-9H2,(H,15,16). The number of nitrogens with zero attached hydrogens (tertiary/aromatic N) is 4. The van der Waals surface area contributed by atoms with Gasteiger partial charge in [0.2, 0.25) is 5.95 Å². The van der Waals surface area contributed by atoms with E-state index in [2.05, 4.69) is 29.8 Å². The first kappa shape index (κ1) is 14.0. The highest BCUT2D eigenvalue weighted by Gasteiger charge is 2.26. The molecule has 2 aromatic heterocycles. The van der Waals surface area contributed by atoms with Gasteiger partial charge in [-0.2, -0.15) is 5.10 Å². The molecule has 0 saturated carbocycles. The Balaban J connectivity index is 1.59. The summed E-state index contributed by atoms with van der Waals surface area (Å²) in [5.74, 6) is 0.687. The van der Waals surface area contributed by atoms with Gasteiger partial charge in [0.1, 0.15) is 0 Å². The van der Waals surface area contributed by atoms with Crippen LogP contribution < -0.4 is 9.62 Å². The lowest BCUT2D eigenvalue weighted by Crippen LogP contribution is -2.45. The van der Waals surface area contributed by atoms with Crippen molar-refractivity contribution in [2.45, 2.75) is 23.9 Å². The Kier molecular flexibility index (Phi) is 3.84. The molecule has 3 rings (SSSR count). The van der Waals surface area contributed by atoms with Gasteiger partial charge in [-0.1, -0.05) is 0 Å². The van der Waals surface area contributed by atoms with E-state index < -0.39 is 10.0 Å². The zero-order valence-corrected chi connectivity index (χ0v) is 12.1. The monoisotopic (exact) mass is 308 g/mol. The normalized spacial score (nSPS) is 17.0. The van der Waals surface area contributed by atoms with Crippen molar-refractivity contribution in [3.05, 3.63) is 30.7 Å². The SMILES string of the molecule is O=S(=O)(NC1CCN(c2ncccn2)CC1)c1ccn[nH]1. The second kappa shape index (κ2) is 5.78. The second-order valence-electron chi connectivity index (χ2n) is 4.85. The number of aromatic amines is 1. The molecule has 9 heteroatoms. The van der Waals surface area contributed by atoms with Crippen molar-refractivity contribution in [2.75, 3.05) is 18.0 Å². The van der Waals surface area contributed by atoms with Gasteiger partial charge in [-0.05, 0) is 25.0 Å². The van der Waals surface area contributed by atoms with E-state index in [1.54, 1.807) is 18.5 Å². The van der Waals surface area contributed by atoms with E-state index in [0.29, 0.717) is 18.8 Å². The first-order valence-electron chi connectivity index (χ1n) is 6.69. The Bertz CT molecular complexity index is 665. The minimum Gasteiger partial charge on any atom is -0.341 e. The van der Waals surface area contributed by atoms with Crippen molar-refractivity contribution in [3.63, 3.8) is 0 Å². The fourth-order valence-corrected chi connectivity index (χ4v) is 3.54. The summed E-state index contributed by atoms with van der Waals surface area (Å²) >= 11 is 0. The predicted octanol–water partition coefficient (Wildman–Crippen LogP) is 0.147. The lowest BCUT2D eigenvalue weighted by atomic mass is 10.1. The maximum absolute atomic E-state index is 12.1. The largest absolute Gasteiger partial charge is 0.341 e. The van der Waals surface area contributed by atoms with Crippen molar-refractivity contribution in [2.24, 2.45) is 0 Å². The van der Waals surface area contributed by atoms with Crippen LogP contribution in [0.2, 0.25) is 0 Å². The van der Waals surface area contributed by atoms with Crippen molar-refractivity contribution >= 4 is 16.0 Å². The third-order valence-corrected chi connectivity index (χ3v) is 4.87. The summed E-state index contributed by atoms with van der Waals surface area (Å²) in [6.45, 7) is 1.44. The first-order valence-corrected chi connectivity index (χ1v) is 8.17. The molecule has 112 valence electrons. The molecule has 2 aromatic rings. The van der Waals surface area contributed by atoms with Crippen molar-refractivity contribution < 1.29 is 8.42 Å². The summed E-state index contributed by atoms with van der Waals surface area (Å²) in [5.41, 5.74) is 0. The number of sulfonamides is 1. The fraction of sp³-hybridized carbons (Fsp3) is 0.417. The van der Waals surface area contributed by atoms with Crippen LogP contribution in [0.1, 0.15) is 12.8 Å². The third kappa shape index (κ3) is 3.19. The lowest BCUT2D eigenvalue weighted by molar-refractivity contribution is 0.455. The van der Waals surface area contributed by atoms with E-state index >= 15 is 0 Å². The quantitative estimate of drug-likeness (QED) is 0.833. The zero-order chi connectivity index (χ0) is 14.7. The molecule has 2 N–H and O–H groups in total. The Morgan fingerprint density at radius 3 is 2.52 bits per heavy atom. The number of H-pyrrole nitrogens is 1. The average Bonchev–Trinajstić information content (AvgIpc) is 3.04. The summed E-state index contributed by atoms with van der Waals surface area (Å²) < 4.78 is 26.9. The topological polar surface area (TPSA) is 104 Å². The summed E-state index contributed by atoms with van der Waals surface area (Å²) in [6.07, 6.45) is 6.26. The molecular formula is C12H16N6O2S. The van der Waals surface area contributed by atoms with Gasteiger partial charge in [-0.15, -0.1) is 0 Å². The molecule has 0 bridgehead atoms. The summed E-state index contributed by atoms with van der Waals surface area (Å²) in [4.78, 5) is 10.5. The van der Waals surface area contributed by atoms with Gasteiger partial charge in [-0.25, -0.2) is 23.1 Å². The molecule has 0 spiro atoms. The second-order valence-corrected chi connectivity index (χ2v) is 6.53. The van der Waals surface area contributed by atoms with E-state index in [1.165, 1.54) is 12.3 Å². The van der Waals surface area contributed by atoms with Crippen molar-refractivity contribution in [3.8, 4) is 0 Å². The van der Waals surface area contributed by atoms with Crippen LogP contribution >= 0.6 is 0 Å². The molecule has 0 unspecified atom stereocenters. The average molecular weight is 308 g/mol. The molecule has 1 aliphatic rings. The number of nitrogens with one attached hydrogen (secondary N) is 2. The van der Waals surface area contributed by atoms with Crippen LogP contribution in [0.15, 0.2) is 35.7 Å².